The minimum absolute atomic E-state index is 0. The van der Waals surface area contributed by atoms with Gasteiger partial charge in [0.1, 0.15) is 0 Å². The monoisotopic (exact) mass is 353 g/mol. The lowest BCUT2D eigenvalue weighted by Crippen LogP contribution is -2.44. The molecule has 1 fully saturated rings. The molecule has 0 aliphatic carbocycles. The van der Waals surface area contributed by atoms with Gasteiger partial charge in [0.05, 0.1) is 11.0 Å². The van der Waals surface area contributed by atoms with Crippen LogP contribution in [0, 0.1) is 10.1 Å². The standard InChI is InChI=1S/C15H19N5O3.ClH/c1-3-10-4-5-11(8-12(10)20(21)22)15-17-14(18-23-15)13-9-16-6-7-19(13)2;/h4-5,8,13,16H,3,6-7,9H2,1-2H3;1H. The molecule has 2 aromatic rings. The Bertz CT molecular complexity index is 721. The Morgan fingerprint density at radius 2 is 2.29 bits per heavy atom. The molecule has 1 saturated heterocycles. The molecule has 1 atom stereocenters. The SMILES string of the molecule is CCc1ccc(-c2nc(C3CNCCN3C)no2)cc1[N+](=O)[O-].Cl. The van der Waals surface area contributed by atoms with Crippen LogP contribution in [0.5, 0.6) is 0 Å². The van der Waals surface area contributed by atoms with E-state index in [1.54, 1.807) is 12.1 Å². The van der Waals surface area contributed by atoms with E-state index < -0.39 is 0 Å². The zero-order chi connectivity index (χ0) is 16.4. The van der Waals surface area contributed by atoms with Gasteiger partial charge in [-0.25, -0.2) is 0 Å². The number of nitrogens with one attached hydrogen (secondary N) is 1. The van der Waals surface area contributed by atoms with E-state index in [1.807, 2.05) is 14.0 Å². The van der Waals surface area contributed by atoms with Crippen LogP contribution in [0.15, 0.2) is 22.7 Å². The summed E-state index contributed by atoms with van der Waals surface area (Å²) in [7, 11) is 2.02. The molecule has 24 heavy (non-hydrogen) atoms. The van der Waals surface area contributed by atoms with Crippen molar-refractivity contribution in [1.82, 2.24) is 20.4 Å². The predicted molar refractivity (Wildman–Crippen MR) is 91.3 cm³/mol. The van der Waals surface area contributed by atoms with Crippen LogP contribution in [0.3, 0.4) is 0 Å². The van der Waals surface area contributed by atoms with Crippen molar-refractivity contribution in [2.45, 2.75) is 19.4 Å². The maximum Gasteiger partial charge on any atom is 0.273 e. The number of hydrogen-bond donors (Lipinski definition) is 1. The third kappa shape index (κ3) is 3.55. The number of aryl methyl sites for hydroxylation is 1. The van der Waals surface area contributed by atoms with E-state index in [0.717, 1.165) is 19.6 Å². The third-order valence-corrected chi connectivity index (χ3v) is 4.16. The fourth-order valence-electron chi connectivity index (χ4n) is 2.75. The molecule has 0 spiro atoms. The summed E-state index contributed by atoms with van der Waals surface area (Å²) in [5.41, 5.74) is 1.34. The van der Waals surface area contributed by atoms with Crippen LogP contribution in [0.4, 0.5) is 5.69 Å². The van der Waals surface area contributed by atoms with Gasteiger partial charge in [-0.05, 0) is 19.5 Å². The number of hydrogen-bond acceptors (Lipinski definition) is 7. The molecular formula is C15H20ClN5O3. The fraction of sp³-hybridized carbons (Fsp3) is 0.467. The number of piperazine rings is 1. The second-order valence-electron chi connectivity index (χ2n) is 5.61. The zero-order valence-corrected chi connectivity index (χ0v) is 14.4. The first-order chi connectivity index (χ1) is 11.1. The average molecular weight is 354 g/mol. The number of nitro benzene ring substituents is 1. The summed E-state index contributed by atoms with van der Waals surface area (Å²) < 4.78 is 5.32. The zero-order valence-electron chi connectivity index (χ0n) is 13.6. The van der Waals surface area contributed by atoms with Gasteiger partial charge in [0.25, 0.3) is 11.6 Å². The first kappa shape index (κ1) is 18.3. The molecule has 130 valence electrons. The first-order valence-electron chi connectivity index (χ1n) is 7.62. The van der Waals surface area contributed by atoms with Gasteiger partial charge in [0.15, 0.2) is 5.82 Å². The van der Waals surface area contributed by atoms with Gasteiger partial charge in [0.2, 0.25) is 0 Å². The molecule has 8 nitrogen and oxygen atoms in total. The minimum Gasteiger partial charge on any atom is -0.334 e. The molecule has 0 radical (unpaired) electrons. The summed E-state index contributed by atoms with van der Waals surface area (Å²) in [5, 5.41) is 18.5. The predicted octanol–water partition coefficient (Wildman–Crippen LogP) is 2.21. The normalized spacial score (nSPS) is 18.2. The van der Waals surface area contributed by atoms with E-state index in [2.05, 4.69) is 20.4 Å². The average Bonchev–Trinajstić information content (AvgIpc) is 3.04. The fourth-order valence-corrected chi connectivity index (χ4v) is 2.75. The lowest BCUT2D eigenvalue weighted by atomic mass is 10.1. The summed E-state index contributed by atoms with van der Waals surface area (Å²) in [6, 6.07) is 5.07. The molecular weight excluding hydrogens is 334 g/mol. The van der Waals surface area contributed by atoms with Crippen LogP contribution in [-0.4, -0.2) is 46.6 Å². The van der Waals surface area contributed by atoms with Crippen LogP contribution < -0.4 is 5.32 Å². The van der Waals surface area contributed by atoms with Gasteiger partial charge in [-0.1, -0.05) is 18.1 Å². The Kier molecular flexibility index (Phi) is 5.87. The quantitative estimate of drug-likeness (QED) is 0.664. The molecule has 1 aromatic carbocycles. The molecule has 9 heteroatoms. The van der Waals surface area contributed by atoms with Crippen molar-refractivity contribution < 1.29 is 9.45 Å². The Hall–Kier alpha value is -2.03. The molecule has 1 aliphatic rings. The van der Waals surface area contributed by atoms with E-state index in [1.165, 1.54) is 6.07 Å². The maximum absolute atomic E-state index is 11.2. The Morgan fingerprint density at radius 3 is 2.96 bits per heavy atom. The number of nitrogens with zero attached hydrogens (tertiary/aromatic N) is 4. The van der Waals surface area contributed by atoms with Crippen LogP contribution >= 0.6 is 12.4 Å². The van der Waals surface area contributed by atoms with Crippen molar-refractivity contribution in [3.63, 3.8) is 0 Å². The van der Waals surface area contributed by atoms with Gasteiger partial charge < -0.3 is 9.84 Å². The first-order valence-corrected chi connectivity index (χ1v) is 7.62. The highest BCUT2D eigenvalue weighted by atomic mass is 35.5. The largest absolute Gasteiger partial charge is 0.334 e. The molecule has 1 N–H and O–H groups in total. The summed E-state index contributed by atoms with van der Waals surface area (Å²) in [5.74, 6) is 0.904. The number of likely N-dealkylation sites (N-methyl/N-ethyl adjacent to an activating group) is 1. The van der Waals surface area contributed by atoms with Crippen molar-refractivity contribution in [1.29, 1.82) is 0 Å². The van der Waals surface area contributed by atoms with Gasteiger partial charge in [0, 0.05) is 36.8 Å². The van der Waals surface area contributed by atoms with Gasteiger partial charge in [-0.3, -0.25) is 15.0 Å². The van der Waals surface area contributed by atoms with Crippen molar-refractivity contribution >= 4 is 18.1 Å². The number of rotatable bonds is 4. The number of nitro groups is 1. The lowest BCUT2D eigenvalue weighted by molar-refractivity contribution is -0.385. The maximum atomic E-state index is 11.2. The van der Waals surface area contributed by atoms with Gasteiger partial charge in [-0.2, -0.15) is 4.98 Å². The van der Waals surface area contributed by atoms with Crippen molar-refractivity contribution in [2.24, 2.45) is 0 Å². The highest BCUT2D eigenvalue weighted by Gasteiger charge is 2.26. The van der Waals surface area contributed by atoms with Gasteiger partial charge >= 0.3 is 0 Å². The molecule has 3 rings (SSSR count). The Balaban J connectivity index is 0.00000208. The second-order valence-corrected chi connectivity index (χ2v) is 5.61. The highest BCUT2D eigenvalue weighted by molar-refractivity contribution is 5.85. The van der Waals surface area contributed by atoms with Crippen LogP contribution in [-0.2, 0) is 6.42 Å². The van der Waals surface area contributed by atoms with Crippen LogP contribution in [0.25, 0.3) is 11.5 Å². The lowest BCUT2D eigenvalue weighted by Gasteiger charge is -2.30. The molecule has 1 aliphatic heterocycles. The summed E-state index contributed by atoms with van der Waals surface area (Å²) in [6.07, 6.45) is 0.601. The molecule has 1 aromatic heterocycles. The topological polar surface area (TPSA) is 97.3 Å². The molecule has 0 bridgehead atoms. The highest BCUT2D eigenvalue weighted by Crippen LogP contribution is 2.28. The number of halogens is 1. The number of aromatic nitrogens is 2. The van der Waals surface area contributed by atoms with Gasteiger partial charge in [-0.15, -0.1) is 12.4 Å². The summed E-state index contributed by atoms with van der Waals surface area (Å²) in [4.78, 5) is 17.4. The Morgan fingerprint density at radius 1 is 1.50 bits per heavy atom. The smallest absolute Gasteiger partial charge is 0.273 e. The summed E-state index contributed by atoms with van der Waals surface area (Å²) >= 11 is 0. The van der Waals surface area contributed by atoms with E-state index in [0.29, 0.717) is 29.3 Å². The van der Waals surface area contributed by atoms with Crippen molar-refractivity contribution in [3.8, 4) is 11.5 Å². The van der Waals surface area contributed by atoms with E-state index in [9.17, 15) is 10.1 Å². The van der Waals surface area contributed by atoms with E-state index in [-0.39, 0.29) is 29.1 Å². The third-order valence-electron chi connectivity index (χ3n) is 4.16. The van der Waals surface area contributed by atoms with E-state index in [4.69, 9.17) is 4.52 Å². The van der Waals surface area contributed by atoms with E-state index >= 15 is 0 Å². The van der Waals surface area contributed by atoms with Crippen LogP contribution in [0.2, 0.25) is 0 Å². The Labute approximate surface area is 145 Å². The number of benzene rings is 1. The molecule has 0 amide bonds. The van der Waals surface area contributed by atoms with Crippen molar-refractivity contribution in [2.75, 3.05) is 26.7 Å². The summed E-state index contributed by atoms with van der Waals surface area (Å²) in [6.45, 7) is 4.48. The van der Waals surface area contributed by atoms with Crippen molar-refractivity contribution in [3.05, 3.63) is 39.7 Å². The minimum atomic E-state index is -0.377. The molecule has 0 saturated carbocycles. The second kappa shape index (κ2) is 7.69. The molecule has 1 unspecified atom stereocenters. The van der Waals surface area contributed by atoms with Crippen LogP contribution in [0.1, 0.15) is 24.4 Å². The molecule has 2 heterocycles.